The number of halogens is 2. The second-order valence-corrected chi connectivity index (χ2v) is 10.3. The molecule has 5 aromatic rings. The number of ether oxygens (including phenoxy) is 1. The molecule has 0 spiro atoms. The van der Waals surface area contributed by atoms with E-state index in [-0.39, 0.29) is 18.7 Å². The summed E-state index contributed by atoms with van der Waals surface area (Å²) in [6.07, 6.45) is 5.18. The average Bonchev–Trinajstić information content (AvgIpc) is 3.69. The van der Waals surface area contributed by atoms with Gasteiger partial charge >= 0.3 is 6.03 Å². The van der Waals surface area contributed by atoms with E-state index in [1.807, 2.05) is 23.8 Å². The number of benzene rings is 2. The zero-order valence-corrected chi connectivity index (χ0v) is 22.2. The number of carbonyl (C=O) groups excluding carboxylic acids is 2. The molecule has 0 atom stereocenters. The molecule has 1 saturated heterocycles. The van der Waals surface area contributed by atoms with Crippen molar-refractivity contribution in [3.8, 4) is 22.1 Å². The Morgan fingerprint density at radius 3 is 2.60 bits per heavy atom. The van der Waals surface area contributed by atoms with E-state index in [0.29, 0.717) is 23.5 Å². The molecule has 0 saturated carbocycles. The van der Waals surface area contributed by atoms with E-state index < -0.39 is 23.6 Å². The molecule has 202 valence electrons. The van der Waals surface area contributed by atoms with Gasteiger partial charge in [-0.05, 0) is 55.0 Å². The van der Waals surface area contributed by atoms with Gasteiger partial charge in [0.15, 0.2) is 11.6 Å². The van der Waals surface area contributed by atoms with Crippen LogP contribution >= 0.6 is 11.3 Å². The van der Waals surface area contributed by atoms with Gasteiger partial charge in [-0.1, -0.05) is 6.07 Å². The Morgan fingerprint density at radius 2 is 1.85 bits per heavy atom. The highest BCUT2D eigenvalue weighted by Gasteiger charge is 2.34. The third kappa shape index (κ3) is 4.91. The van der Waals surface area contributed by atoms with Gasteiger partial charge in [-0.2, -0.15) is 0 Å². The number of aryl methyl sites for hydroxylation is 1. The summed E-state index contributed by atoms with van der Waals surface area (Å²) in [6.45, 7) is 3.34. The molecule has 4 heterocycles. The summed E-state index contributed by atoms with van der Waals surface area (Å²) in [5.74, 6) is -1.02. The lowest BCUT2D eigenvalue weighted by Crippen LogP contribution is -2.37. The third-order valence-corrected chi connectivity index (χ3v) is 7.81. The van der Waals surface area contributed by atoms with Crippen LogP contribution in [0.1, 0.15) is 12.5 Å². The summed E-state index contributed by atoms with van der Waals surface area (Å²) in [5.41, 5.74) is 2.46. The molecule has 6 rings (SSSR count). The van der Waals surface area contributed by atoms with Crippen molar-refractivity contribution >= 4 is 39.2 Å². The van der Waals surface area contributed by atoms with Gasteiger partial charge in [0, 0.05) is 43.8 Å². The molecule has 0 bridgehead atoms. The van der Waals surface area contributed by atoms with Crippen LogP contribution in [0.4, 0.5) is 19.3 Å². The molecule has 8 nitrogen and oxygen atoms in total. The Hall–Kier alpha value is -4.64. The standard InChI is InChI=1S/C29H23F2N5O3S/c1-2-34-16-23(33-17-34)26-15-22-28(40-26)25(9-10-32-22)39-24-8-3-18(13-21(24)31)14-27(37)36-12-11-35(29(36)38)20-6-4-19(30)5-7-20/h3-10,13,15-17H,2,11-12,14H2,1H3. The number of fused-ring (bicyclic) bond motifs is 1. The Bertz CT molecular complexity index is 1730. The molecule has 1 aliphatic rings. The summed E-state index contributed by atoms with van der Waals surface area (Å²) >= 11 is 1.46. The molecule has 0 radical (unpaired) electrons. The number of imidazole rings is 1. The zero-order chi connectivity index (χ0) is 27.8. The van der Waals surface area contributed by atoms with Crippen LogP contribution in [-0.2, 0) is 17.8 Å². The molecule has 11 heteroatoms. The molecule has 1 fully saturated rings. The van der Waals surface area contributed by atoms with E-state index >= 15 is 4.39 Å². The number of aromatic nitrogens is 3. The first-order chi connectivity index (χ1) is 19.4. The minimum absolute atomic E-state index is 0.00800. The maximum Gasteiger partial charge on any atom is 0.331 e. The van der Waals surface area contributed by atoms with Crippen molar-refractivity contribution < 1.29 is 23.1 Å². The number of rotatable bonds is 7. The van der Waals surface area contributed by atoms with E-state index in [1.165, 1.54) is 52.6 Å². The predicted octanol–water partition coefficient (Wildman–Crippen LogP) is 6.26. The number of imide groups is 1. The zero-order valence-electron chi connectivity index (χ0n) is 21.4. The van der Waals surface area contributed by atoms with Crippen molar-refractivity contribution in [2.75, 3.05) is 18.0 Å². The van der Waals surface area contributed by atoms with Crippen LogP contribution < -0.4 is 9.64 Å². The van der Waals surface area contributed by atoms with Crippen molar-refractivity contribution in [1.82, 2.24) is 19.4 Å². The summed E-state index contributed by atoms with van der Waals surface area (Å²) < 4.78 is 37.0. The summed E-state index contributed by atoms with van der Waals surface area (Å²) in [7, 11) is 0. The maximum absolute atomic E-state index is 15.1. The normalized spacial score (nSPS) is 13.4. The summed E-state index contributed by atoms with van der Waals surface area (Å²) in [6, 6.07) is 12.9. The molecular weight excluding hydrogens is 536 g/mol. The number of anilines is 1. The predicted molar refractivity (Wildman–Crippen MR) is 148 cm³/mol. The van der Waals surface area contributed by atoms with Gasteiger partial charge in [0.05, 0.1) is 33.5 Å². The van der Waals surface area contributed by atoms with Crippen LogP contribution in [0.2, 0.25) is 0 Å². The van der Waals surface area contributed by atoms with Crippen LogP contribution in [0.5, 0.6) is 11.5 Å². The van der Waals surface area contributed by atoms with E-state index in [0.717, 1.165) is 32.2 Å². The molecule has 1 aliphatic heterocycles. The van der Waals surface area contributed by atoms with Gasteiger partial charge in [-0.25, -0.2) is 18.6 Å². The number of hydrogen-bond donors (Lipinski definition) is 0. The number of hydrogen-bond acceptors (Lipinski definition) is 6. The van der Waals surface area contributed by atoms with E-state index in [2.05, 4.69) is 9.97 Å². The molecular formula is C29H23F2N5O3S. The first-order valence-corrected chi connectivity index (χ1v) is 13.5. The van der Waals surface area contributed by atoms with Crippen molar-refractivity contribution in [2.45, 2.75) is 19.9 Å². The topological polar surface area (TPSA) is 80.6 Å². The van der Waals surface area contributed by atoms with Gasteiger partial charge in [0.2, 0.25) is 5.91 Å². The van der Waals surface area contributed by atoms with Crippen LogP contribution in [0.3, 0.4) is 0 Å². The monoisotopic (exact) mass is 559 g/mol. The Balaban J connectivity index is 1.16. The smallest absolute Gasteiger partial charge is 0.331 e. The molecule has 0 N–H and O–H groups in total. The van der Waals surface area contributed by atoms with E-state index in [1.54, 1.807) is 24.7 Å². The molecule has 40 heavy (non-hydrogen) atoms. The Kier molecular flexibility index (Phi) is 6.72. The van der Waals surface area contributed by atoms with Gasteiger partial charge in [0.1, 0.15) is 11.6 Å². The Labute approximate surface area is 232 Å². The van der Waals surface area contributed by atoms with E-state index in [9.17, 15) is 14.0 Å². The SMILES string of the molecule is CCn1cnc(-c2cc3nccc(Oc4ccc(CC(=O)N5CCN(c6ccc(F)cc6)C5=O)cc4F)c3s2)c1. The van der Waals surface area contributed by atoms with Gasteiger partial charge in [-0.15, -0.1) is 11.3 Å². The number of amides is 3. The quantitative estimate of drug-likeness (QED) is 0.235. The molecule has 3 amide bonds. The number of pyridine rings is 1. The molecule has 0 unspecified atom stereocenters. The molecule has 2 aromatic carbocycles. The van der Waals surface area contributed by atoms with Gasteiger partial charge in [0.25, 0.3) is 0 Å². The van der Waals surface area contributed by atoms with Crippen LogP contribution in [-0.4, -0.2) is 44.5 Å². The number of thiophene rings is 1. The molecule has 0 aliphatic carbocycles. The fraction of sp³-hybridized carbons (Fsp3) is 0.172. The van der Waals surface area contributed by atoms with Crippen LogP contribution in [0.25, 0.3) is 20.8 Å². The van der Waals surface area contributed by atoms with Crippen molar-refractivity contribution in [3.05, 3.63) is 90.5 Å². The highest BCUT2D eigenvalue weighted by Crippen LogP contribution is 2.39. The van der Waals surface area contributed by atoms with Crippen molar-refractivity contribution in [1.29, 1.82) is 0 Å². The number of nitrogens with zero attached hydrogens (tertiary/aromatic N) is 5. The lowest BCUT2D eigenvalue weighted by molar-refractivity contribution is -0.126. The first kappa shape index (κ1) is 25.6. The van der Waals surface area contributed by atoms with Crippen molar-refractivity contribution in [3.63, 3.8) is 0 Å². The first-order valence-electron chi connectivity index (χ1n) is 12.6. The third-order valence-electron chi connectivity index (χ3n) is 6.65. The second kappa shape index (κ2) is 10.5. The largest absolute Gasteiger partial charge is 0.453 e. The highest BCUT2D eigenvalue weighted by atomic mass is 32.1. The minimum atomic E-state index is -0.630. The van der Waals surface area contributed by atoms with E-state index in [4.69, 9.17) is 4.74 Å². The van der Waals surface area contributed by atoms with Crippen LogP contribution in [0.15, 0.2) is 73.3 Å². The average molecular weight is 560 g/mol. The second-order valence-electron chi connectivity index (χ2n) is 9.22. The fourth-order valence-corrected chi connectivity index (χ4v) is 5.56. The lowest BCUT2D eigenvalue weighted by atomic mass is 10.1. The maximum atomic E-state index is 15.1. The van der Waals surface area contributed by atoms with Gasteiger partial charge < -0.3 is 9.30 Å². The summed E-state index contributed by atoms with van der Waals surface area (Å²) in [4.78, 5) is 38.0. The van der Waals surface area contributed by atoms with Crippen LogP contribution in [0, 0.1) is 11.6 Å². The molecule has 3 aromatic heterocycles. The highest BCUT2D eigenvalue weighted by molar-refractivity contribution is 7.22. The summed E-state index contributed by atoms with van der Waals surface area (Å²) in [5, 5.41) is 0. The van der Waals surface area contributed by atoms with Crippen molar-refractivity contribution in [2.24, 2.45) is 0 Å². The Morgan fingerprint density at radius 1 is 1.02 bits per heavy atom. The fourth-order valence-electron chi connectivity index (χ4n) is 4.54. The van der Waals surface area contributed by atoms with Gasteiger partial charge in [-0.3, -0.25) is 19.6 Å². The lowest BCUT2D eigenvalue weighted by Gasteiger charge is -2.17. The number of carbonyl (C=O) groups is 2. The minimum Gasteiger partial charge on any atom is -0.453 e. The number of urea groups is 1.